The van der Waals surface area contributed by atoms with E-state index in [-0.39, 0.29) is 5.91 Å². The molecule has 19 heavy (non-hydrogen) atoms. The number of rotatable bonds is 8. The molecule has 1 rings (SSSR count). The number of piperidine rings is 1. The highest BCUT2D eigenvalue weighted by molar-refractivity contribution is 8.00. The molecule has 1 aliphatic heterocycles. The Bertz CT molecular complexity index is 297. The number of amides is 1. The van der Waals surface area contributed by atoms with E-state index in [0.717, 1.165) is 31.7 Å². The Kier molecular flexibility index (Phi) is 8.32. The van der Waals surface area contributed by atoms with E-state index in [2.05, 4.69) is 10.6 Å². The molecule has 3 N–H and O–H groups in total. The molecule has 0 aliphatic carbocycles. The van der Waals surface area contributed by atoms with E-state index in [4.69, 9.17) is 5.11 Å². The fraction of sp³-hybridized carbons (Fsp3) is 0.833. The Hall–Kier alpha value is -0.400. The molecular formula is C12H22N2O3S2. The first kappa shape index (κ1) is 16.7. The van der Waals surface area contributed by atoms with Crippen LogP contribution in [0.4, 0.5) is 0 Å². The van der Waals surface area contributed by atoms with Crippen LogP contribution in [-0.4, -0.2) is 59.1 Å². The highest BCUT2D eigenvalue weighted by atomic mass is 32.2. The lowest BCUT2D eigenvalue weighted by Crippen LogP contribution is -2.42. The van der Waals surface area contributed by atoms with Crippen molar-refractivity contribution in [3.63, 3.8) is 0 Å². The summed E-state index contributed by atoms with van der Waals surface area (Å²) in [6.45, 7) is 2.01. The van der Waals surface area contributed by atoms with Gasteiger partial charge in [0, 0.05) is 5.25 Å². The molecule has 1 amide bonds. The maximum Gasteiger partial charge on any atom is 0.326 e. The van der Waals surface area contributed by atoms with Crippen LogP contribution in [0.5, 0.6) is 0 Å². The quantitative estimate of drug-likeness (QED) is 0.615. The minimum atomic E-state index is -0.950. The van der Waals surface area contributed by atoms with E-state index >= 15 is 0 Å². The Morgan fingerprint density at radius 3 is 2.68 bits per heavy atom. The first-order valence-electron chi connectivity index (χ1n) is 6.47. The van der Waals surface area contributed by atoms with Crippen molar-refractivity contribution in [1.29, 1.82) is 0 Å². The van der Waals surface area contributed by atoms with Gasteiger partial charge in [0.05, 0.1) is 5.75 Å². The molecule has 0 radical (unpaired) electrons. The highest BCUT2D eigenvalue weighted by Crippen LogP contribution is 2.19. The van der Waals surface area contributed by atoms with Gasteiger partial charge in [0.1, 0.15) is 6.04 Å². The topological polar surface area (TPSA) is 78.4 Å². The molecule has 5 nitrogen and oxygen atoms in total. The van der Waals surface area contributed by atoms with Crippen molar-refractivity contribution in [2.24, 2.45) is 0 Å². The number of carbonyl (C=O) groups excluding carboxylic acids is 1. The van der Waals surface area contributed by atoms with Crippen LogP contribution in [-0.2, 0) is 9.59 Å². The number of hydrogen-bond acceptors (Lipinski definition) is 5. The smallest absolute Gasteiger partial charge is 0.326 e. The third kappa shape index (κ3) is 7.08. The van der Waals surface area contributed by atoms with Gasteiger partial charge in [-0.2, -0.15) is 11.8 Å². The summed E-state index contributed by atoms with van der Waals surface area (Å²) in [5.41, 5.74) is 0. The minimum absolute atomic E-state index is 0.169. The Morgan fingerprint density at radius 1 is 1.42 bits per heavy atom. The lowest BCUT2D eigenvalue weighted by atomic mass is 10.2. The van der Waals surface area contributed by atoms with Gasteiger partial charge in [0.2, 0.25) is 5.91 Å². The normalized spacial score (nSPS) is 17.9. The number of carboxylic acids is 1. The maximum absolute atomic E-state index is 11.7. The summed E-state index contributed by atoms with van der Waals surface area (Å²) >= 11 is 3.22. The number of thioether (sulfide) groups is 2. The van der Waals surface area contributed by atoms with Crippen molar-refractivity contribution < 1.29 is 14.7 Å². The Balaban J connectivity index is 2.25. The van der Waals surface area contributed by atoms with Gasteiger partial charge in [-0.25, -0.2) is 4.79 Å². The van der Waals surface area contributed by atoms with Crippen molar-refractivity contribution >= 4 is 35.4 Å². The van der Waals surface area contributed by atoms with Gasteiger partial charge in [-0.3, -0.25) is 4.79 Å². The monoisotopic (exact) mass is 306 g/mol. The zero-order chi connectivity index (χ0) is 14.1. The largest absolute Gasteiger partial charge is 0.480 e. The average molecular weight is 306 g/mol. The molecule has 0 aromatic rings. The van der Waals surface area contributed by atoms with Crippen LogP contribution in [0.2, 0.25) is 0 Å². The number of hydrogen-bond donors (Lipinski definition) is 3. The minimum Gasteiger partial charge on any atom is -0.480 e. The van der Waals surface area contributed by atoms with Gasteiger partial charge in [0.25, 0.3) is 0 Å². The SMILES string of the molecule is CSCC[C@H](NC(=O)CSC1CCNCC1)C(=O)O. The van der Waals surface area contributed by atoms with Crippen LogP contribution in [0.15, 0.2) is 0 Å². The predicted molar refractivity (Wildman–Crippen MR) is 80.9 cm³/mol. The number of aliphatic carboxylic acids is 1. The van der Waals surface area contributed by atoms with Gasteiger partial charge >= 0.3 is 5.97 Å². The standard InChI is InChI=1S/C12H22N2O3S2/c1-18-7-4-10(12(16)17)14-11(15)8-19-9-2-5-13-6-3-9/h9-10,13H,2-8H2,1H3,(H,14,15)(H,16,17)/t10-/m0/s1. The van der Waals surface area contributed by atoms with Crippen molar-refractivity contribution in [2.45, 2.75) is 30.6 Å². The zero-order valence-electron chi connectivity index (χ0n) is 11.2. The zero-order valence-corrected chi connectivity index (χ0v) is 12.8. The van der Waals surface area contributed by atoms with E-state index in [1.54, 1.807) is 23.5 Å². The van der Waals surface area contributed by atoms with Crippen LogP contribution < -0.4 is 10.6 Å². The van der Waals surface area contributed by atoms with Crippen molar-refractivity contribution in [2.75, 3.05) is 30.9 Å². The van der Waals surface area contributed by atoms with E-state index in [9.17, 15) is 9.59 Å². The number of carbonyl (C=O) groups is 2. The molecule has 0 unspecified atom stereocenters. The Morgan fingerprint density at radius 2 is 2.11 bits per heavy atom. The van der Waals surface area contributed by atoms with E-state index in [1.165, 1.54) is 0 Å². The van der Waals surface area contributed by atoms with E-state index < -0.39 is 12.0 Å². The molecule has 1 saturated heterocycles. The second kappa shape index (κ2) is 9.50. The molecule has 7 heteroatoms. The van der Waals surface area contributed by atoms with Gasteiger partial charge < -0.3 is 15.7 Å². The molecule has 0 spiro atoms. The predicted octanol–water partition coefficient (Wildman–Crippen LogP) is 0.794. The molecule has 0 bridgehead atoms. The fourth-order valence-electron chi connectivity index (χ4n) is 1.88. The second-order valence-corrected chi connectivity index (χ2v) is 6.77. The molecule has 110 valence electrons. The summed E-state index contributed by atoms with van der Waals surface area (Å²) in [6.07, 6.45) is 4.55. The number of carboxylic acid groups (broad SMARTS) is 1. The van der Waals surface area contributed by atoms with Gasteiger partial charge in [0.15, 0.2) is 0 Å². The van der Waals surface area contributed by atoms with Crippen molar-refractivity contribution in [3.05, 3.63) is 0 Å². The van der Waals surface area contributed by atoms with E-state index in [0.29, 0.717) is 17.4 Å². The summed E-state index contributed by atoms with van der Waals surface area (Å²) in [4.78, 5) is 22.8. The van der Waals surface area contributed by atoms with Gasteiger partial charge in [-0.1, -0.05) is 0 Å². The average Bonchev–Trinajstić information content (AvgIpc) is 2.42. The van der Waals surface area contributed by atoms with Crippen LogP contribution in [0.3, 0.4) is 0 Å². The Labute approximate surface area is 122 Å². The molecule has 1 atom stereocenters. The second-order valence-electron chi connectivity index (χ2n) is 4.50. The lowest BCUT2D eigenvalue weighted by Gasteiger charge is -2.22. The molecule has 0 aromatic heterocycles. The van der Waals surface area contributed by atoms with Gasteiger partial charge in [-0.15, -0.1) is 11.8 Å². The first-order valence-corrected chi connectivity index (χ1v) is 8.91. The van der Waals surface area contributed by atoms with Crippen molar-refractivity contribution in [3.8, 4) is 0 Å². The highest BCUT2D eigenvalue weighted by Gasteiger charge is 2.20. The molecule has 0 saturated carbocycles. The molecule has 1 fully saturated rings. The van der Waals surface area contributed by atoms with Crippen LogP contribution in [0, 0.1) is 0 Å². The molecule has 1 aliphatic rings. The van der Waals surface area contributed by atoms with Gasteiger partial charge in [-0.05, 0) is 44.4 Å². The number of nitrogens with one attached hydrogen (secondary N) is 2. The molecular weight excluding hydrogens is 284 g/mol. The third-order valence-electron chi connectivity index (χ3n) is 2.98. The molecule has 1 heterocycles. The van der Waals surface area contributed by atoms with Crippen LogP contribution in [0.25, 0.3) is 0 Å². The van der Waals surface area contributed by atoms with E-state index in [1.807, 2.05) is 6.26 Å². The fourth-order valence-corrected chi connectivity index (χ4v) is 3.40. The third-order valence-corrected chi connectivity index (χ3v) is 5.00. The summed E-state index contributed by atoms with van der Waals surface area (Å²) in [6, 6.07) is -0.756. The summed E-state index contributed by atoms with van der Waals surface area (Å²) in [5.74, 6) is -0.0295. The first-order chi connectivity index (χ1) is 9.13. The lowest BCUT2D eigenvalue weighted by molar-refractivity contribution is -0.141. The van der Waals surface area contributed by atoms with Crippen molar-refractivity contribution in [1.82, 2.24) is 10.6 Å². The maximum atomic E-state index is 11.7. The summed E-state index contributed by atoms with van der Waals surface area (Å²) in [5, 5.41) is 15.4. The van der Waals surface area contributed by atoms with Crippen LogP contribution in [0.1, 0.15) is 19.3 Å². The summed E-state index contributed by atoms with van der Waals surface area (Å²) in [7, 11) is 0. The van der Waals surface area contributed by atoms with Crippen LogP contribution >= 0.6 is 23.5 Å². The summed E-state index contributed by atoms with van der Waals surface area (Å²) < 4.78 is 0. The molecule has 0 aromatic carbocycles.